The van der Waals surface area contributed by atoms with Crippen LogP contribution in [-0.2, 0) is 4.74 Å². The normalized spacial score (nSPS) is 18.5. The van der Waals surface area contributed by atoms with E-state index >= 15 is 0 Å². The number of likely N-dealkylation sites (tertiary alicyclic amines) is 1. The second kappa shape index (κ2) is 5.62. The second-order valence-electron chi connectivity index (χ2n) is 7.65. The van der Waals surface area contributed by atoms with Gasteiger partial charge in [-0.2, -0.15) is 0 Å². The number of nitrogens with zero attached hydrogens (tertiary/aromatic N) is 1. The molecule has 0 radical (unpaired) electrons. The van der Waals surface area contributed by atoms with E-state index in [1.807, 2.05) is 33.8 Å². The van der Waals surface area contributed by atoms with E-state index in [2.05, 4.69) is 6.07 Å². The van der Waals surface area contributed by atoms with Gasteiger partial charge in [0.15, 0.2) is 0 Å². The van der Waals surface area contributed by atoms with Gasteiger partial charge in [-0.25, -0.2) is 4.79 Å². The Kier molecular flexibility index (Phi) is 3.90. The number of nitrogen functional groups attached to an aromatic ring is 1. The molecule has 1 saturated heterocycles. The summed E-state index contributed by atoms with van der Waals surface area (Å²) in [5, 5.41) is 0. The van der Waals surface area contributed by atoms with Crippen LogP contribution in [0.5, 0.6) is 5.75 Å². The molecule has 126 valence electrons. The Labute approximate surface area is 137 Å². The number of amides is 1. The SMILES string of the molecule is Cc1cc(C2CN(C(=O)OC(C)(C)C)C2)cc(OC2CC2)c1N. The summed E-state index contributed by atoms with van der Waals surface area (Å²) < 4.78 is 11.3. The first-order valence-corrected chi connectivity index (χ1v) is 8.27. The number of rotatable bonds is 3. The summed E-state index contributed by atoms with van der Waals surface area (Å²) in [6.45, 7) is 9.01. The fourth-order valence-electron chi connectivity index (χ4n) is 2.66. The van der Waals surface area contributed by atoms with Gasteiger partial charge in [-0.15, -0.1) is 0 Å². The number of aryl methyl sites for hydroxylation is 1. The third-order valence-electron chi connectivity index (χ3n) is 4.19. The minimum absolute atomic E-state index is 0.240. The molecule has 1 heterocycles. The number of hydrogen-bond acceptors (Lipinski definition) is 4. The number of nitrogens with two attached hydrogens (primary N) is 1. The van der Waals surface area contributed by atoms with Gasteiger partial charge in [-0.1, -0.05) is 6.07 Å². The van der Waals surface area contributed by atoms with E-state index < -0.39 is 5.60 Å². The van der Waals surface area contributed by atoms with Gasteiger partial charge in [0, 0.05) is 19.0 Å². The van der Waals surface area contributed by atoms with Crippen LogP contribution in [0, 0.1) is 6.92 Å². The van der Waals surface area contributed by atoms with Crippen molar-refractivity contribution in [3.8, 4) is 5.75 Å². The van der Waals surface area contributed by atoms with E-state index in [-0.39, 0.29) is 6.09 Å². The van der Waals surface area contributed by atoms with Crippen molar-refractivity contribution in [3.05, 3.63) is 23.3 Å². The lowest BCUT2D eigenvalue weighted by Crippen LogP contribution is -2.50. The van der Waals surface area contributed by atoms with Gasteiger partial charge in [0.25, 0.3) is 0 Å². The standard InChI is InChI=1S/C18H26N2O3/c1-11-7-12(8-15(16(11)19)22-14-5-6-14)13-9-20(10-13)17(21)23-18(2,3)4/h7-8,13-14H,5-6,9-10,19H2,1-4H3. The molecule has 1 aliphatic carbocycles. The molecular formula is C18H26N2O3. The predicted molar refractivity (Wildman–Crippen MR) is 89.8 cm³/mol. The molecule has 0 bridgehead atoms. The molecule has 1 aromatic carbocycles. The van der Waals surface area contributed by atoms with Crippen molar-refractivity contribution in [2.45, 2.75) is 58.2 Å². The highest BCUT2D eigenvalue weighted by Gasteiger charge is 2.35. The van der Waals surface area contributed by atoms with E-state index in [1.54, 1.807) is 4.90 Å². The minimum atomic E-state index is -0.453. The van der Waals surface area contributed by atoms with Gasteiger partial charge in [-0.3, -0.25) is 0 Å². The number of benzene rings is 1. The van der Waals surface area contributed by atoms with Crippen LogP contribution in [0.4, 0.5) is 10.5 Å². The highest BCUT2D eigenvalue weighted by Crippen LogP contribution is 2.37. The lowest BCUT2D eigenvalue weighted by molar-refractivity contribution is 0.00819. The van der Waals surface area contributed by atoms with Crippen LogP contribution in [0.2, 0.25) is 0 Å². The largest absolute Gasteiger partial charge is 0.488 e. The molecule has 0 aromatic heterocycles. The lowest BCUT2D eigenvalue weighted by atomic mass is 9.90. The predicted octanol–water partition coefficient (Wildman–Crippen LogP) is 3.45. The zero-order chi connectivity index (χ0) is 16.8. The fraction of sp³-hybridized carbons (Fsp3) is 0.611. The molecular weight excluding hydrogens is 292 g/mol. The molecule has 3 rings (SSSR count). The van der Waals surface area contributed by atoms with Crippen LogP contribution in [-0.4, -0.2) is 35.8 Å². The monoisotopic (exact) mass is 318 g/mol. The van der Waals surface area contributed by atoms with Crippen LogP contribution in [0.15, 0.2) is 12.1 Å². The summed E-state index contributed by atoms with van der Waals surface area (Å²) >= 11 is 0. The molecule has 5 nitrogen and oxygen atoms in total. The van der Waals surface area contributed by atoms with Crippen LogP contribution < -0.4 is 10.5 Å². The zero-order valence-electron chi connectivity index (χ0n) is 14.4. The van der Waals surface area contributed by atoms with Crippen molar-refractivity contribution in [1.29, 1.82) is 0 Å². The number of carbonyl (C=O) groups is 1. The topological polar surface area (TPSA) is 64.8 Å². The molecule has 1 aliphatic heterocycles. The van der Waals surface area contributed by atoms with Gasteiger partial charge < -0.3 is 20.1 Å². The van der Waals surface area contributed by atoms with Crippen molar-refractivity contribution in [2.75, 3.05) is 18.8 Å². The minimum Gasteiger partial charge on any atom is -0.488 e. The maximum absolute atomic E-state index is 12.0. The fourth-order valence-corrected chi connectivity index (χ4v) is 2.66. The highest BCUT2D eigenvalue weighted by molar-refractivity contribution is 5.70. The number of carbonyl (C=O) groups excluding carboxylic acids is 1. The summed E-state index contributed by atoms with van der Waals surface area (Å²) in [4.78, 5) is 13.8. The van der Waals surface area contributed by atoms with E-state index in [4.69, 9.17) is 15.2 Å². The summed E-state index contributed by atoms with van der Waals surface area (Å²) in [5.41, 5.74) is 8.62. The molecule has 2 fully saturated rings. The molecule has 5 heteroatoms. The molecule has 0 atom stereocenters. The first kappa shape index (κ1) is 16.0. The Morgan fingerprint density at radius 2 is 1.91 bits per heavy atom. The molecule has 1 amide bonds. The molecule has 1 saturated carbocycles. The average Bonchev–Trinajstić information content (AvgIpc) is 3.15. The Morgan fingerprint density at radius 1 is 1.26 bits per heavy atom. The van der Waals surface area contributed by atoms with Crippen LogP contribution in [0.3, 0.4) is 0 Å². The van der Waals surface area contributed by atoms with Crippen molar-refractivity contribution < 1.29 is 14.3 Å². The Hall–Kier alpha value is -1.91. The van der Waals surface area contributed by atoms with Gasteiger partial charge in [0.05, 0.1) is 11.8 Å². The van der Waals surface area contributed by atoms with E-state index in [1.165, 1.54) is 5.56 Å². The second-order valence-corrected chi connectivity index (χ2v) is 7.65. The zero-order valence-corrected chi connectivity index (χ0v) is 14.4. The Morgan fingerprint density at radius 3 is 2.48 bits per heavy atom. The van der Waals surface area contributed by atoms with Gasteiger partial charge in [0.2, 0.25) is 0 Å². The van der Waals surface area contributed by atoms with Crippen LogP contribution in [0.25, 0.3) is 0 Å². The highest BCUT2D eigenvalue weighted by atomic mass is 16.6. The Bertz CT molecular complexity index is 611. The van der Waals surface area contributed by atoms with Crippen LogP contribution in [0.1, 0.15) is 50.7 Å². The third-order valence-corrected chi connectivity index (χ3v) is 4.19. The summed E-state index contributed by atoms with van der Waals surface area (Å²) in [5.74, 6) is 1.11. The molecule has 1 aromatic rings. The molecule has 23 heavy (non-hydrogen) atoms. The first-order chi connectivity index (χ1) is 10.7. The van der Waals surface area contributed by atoms with Gasteiger partial charge >= 0.3 is 6.09 Å². The number of anilines is 1. The van der Waals surface area contributed by atoms with Gasteiger partial charge in [0.1, 0.15) is 11.4 Å². The number of hydrogen-bond donors (Lipinski definition) is 1. The van der Waals surface area contributed by atoms with Crippen molar-refractivity contribution in [2.24, 2.45) is 0 Å². The molecule has 2 N–H and O–H groups in total. The molecule has 0 unspecified atom stereocenters. The molecule has 0 spiro atoms. The smallest absolute Gasteiger partial charge is 0.410 e. The average molecular weight is 318 g/mol. The maximum atomic E-state index is 12.0. The number of ether oxygens (including phenoxy) is 2. The van der Waals surface area contributed by atoms with E-state index in [9.17, 15) is 4.79 Å². The first-order valence-electron chi connectivity index (χ1n) is 8.27. The van der Waals surface area contributed by atoms with Gasteiger partial charge in [-0.05, 0) is 57.7 Å². The Balaban J connectivity index is 1.65. The van der Waals surface area contributed by atoms with Crippen molar-refractivity contribution in [3.63, 3.8) is 0 Å². The van der Waals surface area contributed by atoms with Crippen LogP contribution >= 0.6 is 0 Å². The third kappa shape index (κ3) is 3.71. The van der Waals surface area contributed by atoms with Crippen molar-refractivity contribution >= 4 is 11.8 Å². The lowest BCUT2D eigenvalue weighted by Gasteiger charge is -2.40. The molecule has 2 aliphatic rings. The maximum Gasteiger partial charge on any atom is 0.410 e. The summed E-state index contributed by atoms with van der Waals surface area (Å²) in [7, 11) is 0. The van der Waals surface area contributed by atoms with E-state index in [0.29, 0.717) is 25.1 Å². The summed E-state index contributed by atoms with van der Waals surface area (Å²) in [6, 6.07) is 4.14. The van der Waals surface area contributed by atoms with Crippen molar-refractivity contribution in [1.82, 2.24) is 4.90 Å². The summed E-state index contributed by atoms with van der Waals surface area (Å²) in [6.07, 6.45) is 2.30. The quantitative estimate of drug-likeness (QED) is 0.867. The van der Waals surface area contributed by atoms with E-state index in [0.717, 1.165) is 29.8 Å².